The number of nitrogens with zero attached hydrogens (tertiary/aromatic N) is 1. The molecule has 11 heteroatoms. The summed E-state index contributed by atoms with van der Waals surface area (Å²) >= 11 is 5.91. The van der Waals surface area contributed by atoms with Gasteiger partial charge >= 0.3 is 6.18 Å². The van der Waals surface area contributed by atoms with Gasteiger partial charge in [-0.15, -0.1) is 0 Å². The van der Waals surface area contributed by atoms with Gasteiger partial charge in [-0.25, -0.2) is 8.42 Å². The minimum absolute atomic E-state index is 0.0133. The first kappa shape index (κ1) is 29.3. The third-order valence-corrected chi connectivity index (χ3v) is 9.64. The van der Waals surface area contributed by atoms with E-state index in [0.717, 1.165) is 24.0 Å². The summed E-state index contributed by atoms with van der Waals surface area (Å²) < 4.78 is 81.3. The molecule has 3 aromatic carbocycles. The van der Waals surface area contributed by atoms with Crippen LogP contribution in [0.1, 0.15) is 37.3 Å². The maximum absolute atomic E-state index is 14.0. The largest absolute Gasteiger partial charge is 0.508 e. The summed E-state index contributed by atoms with van der Waals surface area (Å²) in [4.78, 5) is 0. The van der Waals surface area contributed by atoms with Crippen molar-refractivity contribution in [2.24, 2.45) is 0 Å². The lowest BCUT2D eigenvalue weighted by Gasteiger charge is -2.32. The van der Waals surface area contributed by atoms with Crippen LogP contribution in [0.5, 0.6) is 11.5 Å². The summed E-state index contributed by atoms with van der Waals surface area (Å²) in [7, 11) is -4.56. The molecule has 41 heavy (non-hydrogen) atoms. The minimum Gasteiger partial charge on any atom is -0.508 e. The third kappa shape index (κ3) is 6.19. The molecule has 2 bridgehead atoms. The highest BCUT2D eigenvalue weighted by Gasteiger charge is 2.55. The summed E-state index contributed by atoms with van der Waals surface area (Å²) in [5, 5.41) is 8.86. The van der Waals surface area contributed by atoms with Crippen LogP contribution in [0.4, 0.5) is 18.9 Å². The van der Waals surface area contributed by atoms with E-state index in [9.17, 15) is 26.7 Å². The number of ether oxygens (including phenoxy) is 2. The molecule has 3 aromatic rings. The molecule has 0 radical (unpaired) electrons. The Hall–Kier alpha value is -3.21. The predicted octanol–water partition coefficient (Wildman–Crippen LogP) is 7.07. The smallest absolute Gasteiger partial charge is 0.407 e. The molecule has 3 atom stereocenters. The van der Waals surface area contributed by atoms with Gasteiger partial charge in [-0.3, -0.25) is 4.31 Å². The fourth-order valence-corrected chi connectivity index (χ4v) is 7.45. The second kappa shape index (κ2) is 11.6. The van der Waals surface area contributed by atoms with Crippen molar-refractivity contribution >= 4 is 38.5 Å². The van der Waals surface area contributed by atoms with Crippen molar-refractivity contribution in [3.63, 3.8) is 0 Å². The number of halogens is 4. The van der Waals surface area contributed by atoms with Gasteiger partial charge in [-0.2, -0.15) is 13.2 Å². The lowest BCUT2D eigenvalue weighted by molar-refractivity contribution is -0.117. The lowest BCUT2D eigenvalue weighted by Crippen LogP contribution is -2.47. The average Bonchev–Trinajstić information content (AvgIpc) is 3.53. The van der Waals surface area contributed by atoms with Crippen molar-refractivity contribution in [1.82, 2.24) is 0 Å². The number of hydrogen-bond acceptors (Lipinski definition) is 5. The second-order valence-electron chi connectivity index (χ2n) is 10.1. The molecular weight excluding hydrogens is 579 g/mol. The molecule has 2 aliphatic heterocycles. The summed E-state index contributed by atoms with van der Waals surface area (Å²) in [5.41, 5.74) is 2.61. The Morgan fingerprint density at radius 1 is 0.976 bits per heavy atom. The quantitative estimate of drug-likeness (QED) is 0.249. The molecule has 1 N–H and O–H groups in total. The maximum Gasteiger partial charge on any atom is 0.407 e. The minimum atomic E-state index is -4.78. The number of rotatable bonds is 10. The van der Waals surface area contributed by atoms with Crippen LogP contribution >= 0.6 is 11.6 Å². The number of anilines is 1. The van der Waals surface area contributed by atoms with Gasteiger partial charge in [-0.1, -0.05) is 49.2 Å². The van der Waals surface area contributed by atoms with E-state index in [0.29, 0.717) is 27.8 Å². The van der Waals surface area contributed by atoms with Crippen molar-refractivity contribution in [2.45, 2.75) is 49.8 Å². The number of fused-ring (bicyclic) bond motifs is 2. The number of hydrogen-bond donors (Lipinski definition) is 1. The molecule has 0 aliphatic carbocycles. The van der Waals surface area contributed by atoms with E-state index in [1.165, 1.54) is 36.4 Å². The highest BCUT2D eigenvalue weighted by atomic mass is 35.5. The van der Waals surface area contributed by atoms with Gasteiger partial charge in [0, 0.05) is 5.02 Å². The lowest BCUT2D eigenvalue weighted by atomic mass is 9.83. The Kier molecular flexibility index (Phi) is 8.27. The SMILES string of the molecule is CCCCOc1ccc(C2=C(c3ccc(O)cc3)[C@H]3O[C@@H]2C[C@@H]3S(=O)(=O)N(CC(F)(F)F)c2ccc(Cl)cc2)cc1. The van der Waals surface area contributed by atoms with E-state index in [1.807, 2.05) is 24.3 Å². The molecule has 2 heterocycles. The summed E-state index contributed by atoms with van der Waals surface area (Å²) in [6.07, 6.45) is -4.55. The van der Waals surface area contributed by atoms with E-state index >= 15 is 0 Å². The highest BCUT2D eigenvalue weighted by molar-refractivity contribution is 7.93. The Balaban J connectivity index is 1.55. The molecule has 1 saturated heterocycles. The van der Waals surface area contributed by atoms with Gasteiger partial charge in [-0.05, 0) is 83.6 Å². The van der Waals surface area contributed by atoms with Crippen molar-refractivity contribution < 1.29 is 36.2 Å². The molecule has 1 fully saturated rings. The van der Waals surface area contributed by atoms with E-state index in [-0.39, 0.29) is 22.9 Å². The number of phenolic OH excluding ortho intramolecular Hbond substituents is 1. The van der Waals surface area contributed by atoms with Crippen LogP contribution in [0.2, 0.25) is 5.02 Å². The first-order chi connectivity index (χ1) is 19.5. The van der Waals surface area contributed by atoms with E-state index in [4.69, 9.17) is 21.1 Å². The van der Waals surface area contributed by atoms with Crippen LogP contribution in [0.15, 0.2) is 72.8 Å². The van der Waals surface area contributed by atoms with E-state index < -0.39 is 40.2 Å². The normalized spacial score (nSPS) is 20.5. The number of phenols is 1. The van der Waals surface area contributed by atoms with Gasteiger partial charge in [0.15, 0.2) is 0 Å². The zero-order valence-electron chi connectivity index (χ0n) is 22.1. The highest BCUT2D eigenvalue weighted by Crippen LogP contribution is 2.51. The van der Waals surface area contributed by atoms with Crippen molar-refractivity contribution in [2.75, 3.05) is 17.5 Å². The first-order valence-electron chi connectivity index (χ1n) is 13.2. The number of sulfonamides is 1. The number of benzene rings is 3. The molecule has 0 amide bonds. The van der Waals surface area contributed by atoms with Crippen LogP contribution in [-0.4, -0.2) is 50.3 Å². The number of alkyl halides is 3. The van der Waals surface area contributed by atoms with Crippen molar-refractivity contribution in [3.8, 4) is 11.5 Å². The van der Waals surface area contributed by atoms with Crippen LogP contribution in [0.25, 0.3) is 11.1 Å². The molecule has 0 spiro atoms. The van der Waals surface area contributed by atoms with Crippen LogP contribution in [-0.2, 0) is 14.8 Å². The van der Waals surface area contributed by atoms with Crippen LogP contribution in [0.3, 0.4) is 0 Å². The fourth-order valence-electron chi connectivity index (χ4n) is 5.33. The van der Waals surface area contributed by atoms with Gasteiger partial charge < -0.3 is 14.6 Å². The third-order valence-electron chi connectivity index (χ3n) is 7.23. The molecule has 6 nitrogen and oxygen atoms in total. The van der Waals surface area contributed by atoms with E-state index in [2.05, 4.69) is 6.92 Å². The maximum atomic E-state index is 14.0. The molecule has 5 rings (SSSR count). The zero-order chi connectivity index (χ0) is 29.4. The summed E-state index contributed by atoms with van der Waals surface area (Å²) in [5.74, 6) is 0.723. The molecule has 0 saturated carbocycles. The number of aromatic hydroxyl groups is 1. The van der Waals surface area contributed by atoms with Crippen LogP contribution in [0, 0.1) is 0 Å². The Labute approximate surface area is 242 Å². The summed E-state index contributed by atoms with van der Waals surface area (Å²) in [6.45, 7) is 0.979. The van der Waals surface area contributed by atoms with Crippen LogP contribution < -0.4 is 9.04 Å². The zero-order valence-corrected chi connectivity index (χ0v) is 23.7. The number of unbranched alkanes of at least 4 members (excludes halogenated alkanes) is 1. The van der Waals surface area contributed by atoms with Crippen molar-refractivity contribution in [3.05, 3.63) is 88.9 Å². The molecular formula is C30H29ClF3NO5S. The molecule has 218 valence electrons. The topological polar surface area (TPSA) is 76.1 Å². The Bertz CT molecular complexity index is 1510. The van der Waals surface area contributed by atoms with Gasteiger partial charge in [0.25, 0.3) is 0 Å². The predicted molar refractivity (Wildman–Crippen MR) is 153 cm³/mol. The van der Waals surface area contributed by atoms with Gasteiger partial charge in [0.05, 0.1) is 18.4 Å². The fraction of sp³-hybridized carbons (Fsp3) is 0.333. The molecule has 0 aromatic heterocycles. The molecule has 0 unspecified atom stereocenters. The van der Waals surface area contributed by atoms with E-state index in [1.54, 1.807) is 12.1 Å². The first-order valence-corrected chi connectivity index (χ1v) is 15.1. The van der Waals surface area contributed by atoms with Gasteiger partial charge in [0.1, 0.15) is 29.4 Å². The van der Waals surface area contributed by atoms with Crippen molar-refractivity contribution in [1.29, 1.82) is 0 Å². The second-order valence-corrected chi connectivity index (χ2v) is 12.6. The van der Waals surface area contributed by atoms with Gasteiger partial charge in [0.2, 0.25) is 10.0 Å². The monoisotopic (exact) mass is 607 g/mol. The standard InChI is InChI=1S/C30H29ClF3NO5S/c1-2-3-16-39-24-14-6-19(7-15-24)27-25-17-26(29(40-25)28(27)20-4-12-23(36)13-5-20)41(37,38)35(18-30(32,33)34)22-10-8-21(31)9-11-22/h4-15,25-26,29,36H,2-3,16-18H2,1H3/t25-,26+,29+/m1/s1. The average molecular weight is 608 g/mol. The Morgan fingerprint density at radius 3 is 2.20 bits per heavy atom. The molecule has 2 aliphatic rings. The Morgan fingerprint density at radius 2 is 1.59 bits per heavy atom. The summed E-state index contributed by atoms with van der Waals surface area (Å²) in [6, 6.07) is 18.9.